The second kappa shape index (κ2) is 8.36. The van der Waals surface area contributed by atoms with Crippen molar-refractivity contribution in [3.8, 4) is 0 Å². The number of rotatable bonds is 6. The zero-order valence-corrected chi connectivity index (χ0v) is 16.3. The molecule has 0 amide bonds. The molecule has 2 aromatic rings. The average Bonchev–Trinajstić information content (AvgIpc) is 2.68. The van der Waals surface area contributed by atoms with Crippen LogP contribution in [0.25, 0.3) is 0 Å². The van der Waals surface area contributed by atoms with Crippen LogP contribution >= 0.6 is 0 Å². The first-order valence-electron chi connectivity index (χ1n) is 9.20. The lowest BCUT2D eigenvalue weighted by atomic mass is 9.68. The van der Waals surface area contributed by atoms with Crippen molar-refractivity contribution < 1.29 is 38.9 Å². The second-order valence-corrected chi connectivity index (χ2v) is 7.20. The van der Waals surface area contributed by atoms with Crippen molar-refractivity contribution >= 4 is 23.9 Å². The lowest BCUT2D eigenvalue weighted by Gasteiger charge is -2.45. The molecule has 0 heterocycles. The van der Waals surface area contributed by atoms with E-state index in [4.69, 9.17) is 9.47 Å². The van der Waals surface area contributed by atoms with Gasteiger partial charge in [-0.15, -0.1) is 0 Å². The van der Waals surface area contributed by atoms with Gasteiger partial charge in [-0.2, -0.15) is 0 Å². The van der Waals surface area contributed by atoms with Crippen LogP contribution in [0.2, 0.25) is 0 Å². The van der Waals surface area contributed by atoms with E-state index in [2.05, 4.69) is 0 Å². The molecule has 8 nitrogen and oxygen atoms in total. The predicted molar refractivity (Wildman–Crippen MR) is 103 cm³/mol. The van der Waals surface area contributed by atoms with Crippen LogP contribution < -0.4 is 0 Å². The number of carbonyl (C=O) groups is 4. The van der Waals surface area contributed by atoms with Crippen LogP contribution in [0.4, 0.5) is 0 Å². The van der Waals surface area contributed by atoms with E-state index in [-0.39, 0.29) is 11.1 Å². The largest absolute Gasteiger partial charge is 0.481 e. The summed E-state index contributed by atoms with van der Waals surface area (Å²) >= 11 is 0. The first-order chi connectivity index (χ1) is 14.2. The molecular weight excluding hydrogens is 392 g/mol. The molecule has 4 atom stereocenters. The molecule has 0 saturated heterocycles. The highest BCUT2D eigenvalue weighted by molar-refractivity contribution is 5.92. The Balaban J connectivity index is 1.83. The number of benzene rings is 2. The molecule has 0 bridgehead atoms. The summed E-state index contributed by atoms with van der Waals surface area (Å²) in [6, 6.07) is 12.8. The summed E-state index contributed by atoms with van der Waals surface area (Å²) in [6.07, 6.45) is -2.85. The third kappa shape index (κ3) is 4.17. The van der Waals surface area contributed by atoms with Crippen LogP contribution in [-0.2, 0) is 19.1 Å². The Morgan fingerprint density at radius 3 is 1.20 bits per heavy atom. The van der Waals surface area contributed by atoms with E-state index in [1.54, 1.807) is 24.3 Å². The standard InChI is InChI=1S/C22H20O8/c1-11-3-7-13(8-4-11)21(27)29-17-15(19(23)24)16(20(25)26)18(17)30-22(28)14-9-5-12(2)6-10-14/h3-10,15-18H,1-2H3,(H,23,24)(H,25,26)/t15-,16-,17?,18?/m1/s1. The minimum atomic E-state index is -1.53. The molecule has 0 aromatic heterocycles. The van der Waals surface area contributed by atoms with Crippen LogP contribution in [0.15, 0.2) is 48.5 Å². The molecule has 3 rings (SSSR count). The topological polar surface area (TPSA) is 127 Å². The van der Waals surface area contributed by atoms with E-state index < -0.39 is 47.9 Å². The zero-order chi connectivity index (χ0) is 22.0. The maximum Gasteiger partial charge on any atom is 0.338 e. The SMILES string of the molecule is Cc1ccc(C(=O)OC2C(OC(=O)c3ccc(C)cc3)[C@H](C(=O)O)[C@H]2C(=O)O)cc1. The van der Waals surface area contributed by atoms with Crippen LogP contribution in [0.5, 0.6) is 0 Å². The normalized spacial score (nSPS) is 22.5. The molecule has 8 heteroatoms. The Bertz CT molecular complexity index is 896. The van der Waals surface area contributed by atoms with Crippen LogP contribution in [0, 0.1) is 25.7 Å². The van der Waals surface area contributed by atoms with Crippen LogP contribution in [-0.4, -0.2) is 46.3 Å². The minimum Gasteiger partial charge on any atom is -0.481 e. The molecule has 156 valence electrons. The predicted octanol–water partition coefficient (Wildman–Crippen LogP) is 2.47. The fraction of sp³-hybridized carbons (Fsp3) is 0.273. The highest BCUT2D eigenvalue weighted by Crippen LogP contribution is 2.41. The van der Waals surface area contributed by atoms with Gasteiger partial charge in [0.25, 0.3) is 0 Å². The molecule has 2 aromatic carbocycles. The summed E-state index contributed by atoms with van der Waals surface area (Å²) < 4.78 is 10.5. The molecule has 0 aliphatic heterocycles. The third-order valence-corrected chi connectivity index (χ3v) is 5.05. The molecule has 1 fully saturated rings. The van der Waals surface area contributed by atoms with E-state index in [1.807, 2.05) is 13.8 Å². The van der Waals surface area contributed by atoms with Gasteiger partial charge in [0, 0.05) is 0 Å². The van der Waals surface area contributed by atoms with E-state index in [0.29, 0.717) is 0 Å². The summed E-state index contributed by atoms with van der Waals surface area (Å²) in [6.45, 7) is 3.67. The summed E-state index contributed by atoms with van der Waals surface area (Å²) in [7, 11) is 0. The van der Waals surface area contributed by atoms with Gasteiger partial charge >= 0.3 is 23.9 Å². The lowest BCUT2D eigenvalue weighted by Crippen LogP contribution is -2.64. The maximum atomic E-state index is 12.4. The van der Waals surface area contributed by atoms with Gasteiger partial charge in [-0.05, 0) is 38.1 Å². The first kappa shape index (κ1) is 21.0. The van der Waals surface area contributed by atoms with Crippen molar-refractivity contribution in [1.82, 2.24) is 0 Å². The average molecular weight is 412 g/mol. The Kier molecular flexibility index (Phi) is 5.86. The van der Waals surface area contributed by atoms with E-state index in [1.165, 1.54) is 24.3 Å². The fourth-order valence-corrected chi connectivity index (χ4v) is 3.30. The number of ether oxygens (including phenoxy) is 2. The van der Waals surface area contributed by atoms with Crippen molar-refractivity contribution in [3.05, 3.63) is 70.8 Å². The Morgan fingerprint density at radius 1 is 0.633 bits per heavy atom. The number of aryl methyl sites for hydroxylation is 2. The highest BCUT2D eigenvalue weighted by atomic mass is 16.6. The first-order valence-corrected chi connectivity index (χ1v) is 9.20. The molecule has 30 heavy (non-hydrogen) atoms. The Hall–Kier alpha value is -3.68. The summed E-state index contributed by atoms with van der Waals surface area (Å²) in [5, 5.41) is 18.9. The van der Waals surface area contributed by atoms with Gasteiger partial charge in [0.2, 0.25) is 0 Å². The van der Waals surface area contributed by atoms with Crippen LogP contribution in [0.3, 0.4) is 0 Å². The zero-order valence-electron chi connectivity index (χ0n) is 16.3. The quantitative estimate of drug-likeness (QED) is 0.693. The molecule has 0 radical (unpaired) electrons. The van der Waals surface area contributed by atoms with Gasteiger partial charge in [0.15, 0.2) is 12.2 Å². The van der Waals surface area contributed by atoms with E-state index >= 15 is 0 Å². The van der Waals surface area contributed by atoms with Crippen molar-refractivity contribution in [2.75, 3.05) is 0 Å². The number of carboxylic acid groups (broad SMARTS) is 2. The van der Waals surface area contributed by atoms with E-state index in [9.17, 15) is 29.4 Å². The number of carbonyl (C=O) groups excluding carboxylic acids is 2. The van der Waals surface area contributed by atoms with Gasteiger partial charge in [-0.25, -0.2) is 9.59 Å². The van der Waals surface area contributed by atoms with Crippen molar-refractivity contribution in [2.24, 2.45) is 11.8 Å². The monoisotopic (exact) mass is 412 g/mol. The van der Waals surface area contributed by atoms with E-state index in [0.717, 1.165) is 11.1 Å². The highest BCUT2D eigenvalue weighted by Gasteiger charge is 2.62. The molecular formula is C22H20O8. The van der Waals surface area contributed by atoms with Crippen LogP contribution in [0.1, 0.15) is 31.8 Å². The third-order valence-electron chi connectivity index (χ3n) is 5.05. The number of hydrogen-bond acceptors (Lipinski definition) is 6. The van der Waals surface area contributed by atoms with Crippen molar-refractivity contribution in [3.63, 3.8) is 0 Å². The molecule has 1 aliphatic carbocycles. The van der Waals surface area contributed by atoms with Gasteiger partial charge in [-0.1, -0.05) is 35.4 Å². The smallest absolute Gasteiger partial charge is 0.338 e. The number of aliphatic carboxylic acids is 2. The number of esters is 2. The van der Waals surface area contributed by atoms with Crippen molar-refractivity contribution in [1.29, 1.82) is 0 Å². The molecule has 2 unspecified atom stereocenters. The van der Waals surface area contributed by atoms with Gasteiger partial charge in [0.1, 0.15) is 11.8 Å². The molecule has 1 aliphatic rings. The minimum absolute atomic E-state index is 0.173. The summed E-state index contributed by atoms with van der Waals surface area (Å²) in [4.78, 5) is 48.1. The van der Waals surface area contributed by atoms with Gasteiger partial charge in [-0.3, -0.25) is 9.59 Å². The van der Waals surface area contributed by atoms with Crippen molar-refractivity contribution in [2.45, 2.75) is 26.1 Å². The lowest BCUT2D eigenvalue weighted by molar-refractivity contribution is -0.200. The number of hydrogen-bond donors (Lipinski definition) is 2. The maximum absolute atomic E-state index is 12.4. The fourth-order valence-electron chi connectivity index (χ4n) is 3.30. The second-order valence-electron chi connectivity index (χ2n) is 7.20. The van der Waals surface area contributed by atoms with Gasteiger partial charge in [0.05, 0.1) is 11.1 Å². The molecule has 2 N–H and O–H groups in total. The number of carboxylic acids is 2. The Labute approximate surface area is 172 Å². The Morgan fingerprint density at radius 2 is 0.933 bits per heavy atom. The molecule has 1 saturated carbocycles. The molecule has 0 spiro atoms. The van der Waals surface area contributed by atoms with Gasteiger partial charge < -0.3 is 19.7 Å². The summed E-state index contributed by atoms with van der Waals surface area (Å²) in [5.41, 5.74) is 2.17. The summed E-state index contributed by atoms with van der Waals surface area (Å²) in [5.74, 6) is -7.63.